The predicted octanol–water partition coefficient (Wildman–Crippen LogP) is 2.45. The zero-order valence-corrected chi connectivity index (χ0v) is 13.0. The molecule has 2 rings (SSSR count). The minimum atomic E-state index is 0.0720. The molecule has 104 valence electrons. The Hall–Kier alpha value is -1.07. The topological polar surface area (TPSA) is 44.4 Å². The van der Waals surface area contributed by atoms with Crippen molar-refractivity contribution in [3.8, 4) is 0 Å². The molecule has 19 heavy (non-hydrogen) atoms. The fraction of sp³-hybridized carbons (Fsp3) is 0.500. The van der Waals surface area contributed by atoms with E-state index >= 15 is 0 Å². The summed E-state index contributed by atoms with van der Waals surface area (Å²) in [6.45, 7) is 1.79. The van der Waals surface area contributed by atoms with Crippen molar-refractivity contribution in [2.24, 2.45) is 5.92 Å². The van der Waals surface area contributed by atoms with E-state index in [-0.39, 0.29) is 11.8 Å². The van der Waals surface area contributed by atoms with E-state index in [9.17, 15) is 4.79 Å². The zero-order chi connectivity index (χ0) is 13.8. The molecule has 1 aliphatic rings. The zero-order valence-electron chi connectivity index (χ0n) is 11.4. The molecule has 0 saturated carbocycles. The van der Waals surface area contributed by atoms with E-state index in [0.717, 1.165) is 41.8 Å². The molecule has 0 bridgehead atoms. The highest BCUT2D eigenvalue weighted by molar-refractivity contribution is 9.10. The monoisotopic (exact) mass is 325 g/mol. The van der Waals surface area contributed by atoms with E-state index in [4.69, 9.17) is 0 Å². The Morgan fingerprint density at radius 1 is 1.47 bits per heavy atom. The van der Waals surface area contributed by atoms with E-state index in [0.29, 0.717) is 0 Å². The van der Waals surface area contributed by atoms with Crippen LogP contribution in [0.25, 0.3) is 0 Å². The smallest absolute Gasteiger partial charge is 0.228 e. The van der Waals surface area contributed by atoms with Crippen molar-refractivity contribution in [2.45, 2.75) is 12.8 Å². The number of anilines is 2. The van der Waals surface area contributed by atoms with E-state index in [1.165, 1.54) is 0 Å². The molecule has 0 unspecified atom stereocenters. The third-order valence-corrected chi connectivity index (χ3v) is 3.86. The SMILES string of the molecule is CN(C)c1ccc(Br)cc1NC(=O)[C@H]1CCCNC1. The van der Waals surface area contributed by atoms with Gasteiger partial charge in [-0.2, -0.15) is 0 Å². The van der Waals surface area contributed by atoms with Gasteiger partial charge in [-0.1, -0.05) is 15.9 Å². The highest BCUT2D eigenvalue weighted by atomic mass is 79.9. The third kappa shape index (κ3) is 3.70. The number of nitrogens with one attached hydrogen (secondary N) is 2. The first kappa shape index (κ1) is 14.3. The van der Waals surface area contributed by atoms with Crippen molar-refractivity contribution in [3.63, 3.8) is 0 Å². The van der Waals surface area contributed by atoms with Gasteiger partial charge in [0.2, 0.25) is 5.91 Å². The van der Waals surface area contributed by atoms with Crippen molar-refractivity contribution in [2.75, 3.05) is 37.4 Å². The van der Waals surface area contributed by atoms with Crippen LogP contribution >= 0.6 is 15.9 Å². The van der Waals surface area contributed by atoms with Gasteiger partial charge < -0.3 is 15.5 Å². The van der Waals surface area contributed by atoms with Gasteiger partial charge in [-0.15, -0.1) is 0 Å². The van der Waals surface area contributed by atoms with Crippen LogP contribution in [0.3, 0.4) is 0 Å². The minimum Gasteiger partial charge on any atom is -0.376 e. The Bertz CT molecular complexity index is 456. The van der Waals surface area contributed by atoms with E-state index < -0.39 is 0 Å². The van der Waals surface area contributed by atoms with Crippen LogP contribution in [-0.2, 0) is 4.79 Å². The molecule has 1 fully saturated rings. The Morgan fingerprint density at radius 2 is 2.26 bits per heavy atom. The van der Waals surface area contributed by atoms with E-state index in [2.05, 4.69) is 26.6 Å². The third-order valence-electron chi connectivity index (χ3n) is 3.37. The minimum absolute atomic E-state index is 0.0720. The first-order chi connectivity index (χ1) is 9.08. The number of hydrogen-bond donors (Lipinski definition) is 2. The van der Waals surface area contributed by atoms with Crippen LogP contribution in [0.2, 0.25) is 0 Å². The van der Waals surface area contributed by atoms with Gasteiger partial charge in [0.05, 0.1) is 17.3 Å². The molecule has 1 heterocycles. The summed E-state index contributed by atoms with van der Waals surface area (Å²) in [7, 11) is 3.95. The van der Waals surface area contributed by atoms with Crippen molar-refractivity contribution in [3.05, 3.63) is 22.7 Å². The molecule has 5 heteroatoms. The van der Waals surface area contributed by atoms with Gasteiger partial charge in [-0.05, 0) is 37.6 Å². The molecule has 1 aliphatic heterocycles. The number of halogens is 1. The quantitative estimate of drug-likeness (QED) is 0.897. The lowest BCUT2D eigenvalue weighted by Gasteiger charge is -2.24. The molecule has 0 radical (unpaired) electrons. The Morgan fingerprint density at radius 3 is 2.89 bits per heavy atom. The number of piperidine rings is 1. The second-order valence-corrected chi connectivity index (χ2v) is 6.00. The Kier molecular flexibility index (Phi) is 4.82. The number of amides is 1. The standard InChI is InChI=1S/C14H20BrN3O/c1-18(2)13-6-5-11(15)8-12(13)17-14(19)10-4-3-7-16-9-10/h5-6,8,10,16H,3-4,7,9H2,1-2H3,(H,17,19)/t10-/m0/s1. The highest BCUT2D eigenvalue weighted by Gasteiger charge is 2.21. The van der Waals surface area contributed by atoms with Gasteiger partial charge in [-0.25, -0.2) is 0 Å². The number of carbonyl (C=O) groups is 1. The van der Waals surface area contributed by atoms with Crippen molar-refractivity contribution in [1.82, 2.24) is 5.32 Å². The second kappa shape index (κ2) is 6.39. The molecule has 1 amide bonds. The highest BCUT2D eigenvalue weighted by Crippen LogP contribution is 2.28. The molecular weight excluding hydrogens is 306 g/mol. The lowest BCUT2D eigenvalue weighted by atomic mass is 9.98. The van der Waals surface area contributed by atoms with Gasteiger partial charge in [0.15, 0.2) is 0 Å². The lowest BCUT2D eigenvalue weighted by molar-refractivity contribution is -0.120. The fourth-order valence-electron chi connectivity index (χ4n) is 2.31. The molecule has 0 aromatic heterocycles. The summed E-state index contributed by atoms with van der Waals surface area (Å²) < 4.78 is 0.968. The van der Waals surface area contributed by atoms with Crippen molar-refractivity contribution >= 4 is 33.2 Å². The Balaban J connectivity index is 2.13. The molecule has 1 atom stereocenters. The number of carbonyl (C=O) groups excluding carboxylic acids is 1. The predicted molar refractivity (Wildman–Crippen MR) is 82.7 cm³/mol. The lowest BCUT2D eigenvalue weighted by Crippen LogP contribution is -2.37. The van der Waals surface area contributed by atoms with Gasteiger partial charge in [0, 0.05) is 25.1 Å². The summed E-state index contributed by atoms with van der Waals surface area (Å²) in [5.74, 6) is 0.177. The summed E-state index contributed by atoms with van der Waals surface area (Å²) in [5.41, 5.74) is 1.87. The second-order valence-electron chi connectivity index (χ2n) is 5.09. The number of hydrogen-bond acceptors (Lipinski definition) is 3. The van der Waals surface area contributed by atoms with E-state index in [1.807, 2.05) is 37.2 Å². The van der Waals surface area contributed by atoms with Crippen LogP contribution in [0.4, 0.5) is 11.4 Å². The van der Waals surface area contributed by atoms with Gasteiger partial charge >= 0.3 is 0 Å². The normalized spacial score (nSPS) is 19.0. The van der Waals surface area contributed by atoms with Crippen LogP contribution in [0.15, 0.2) is 22.7 Å². The summed E-state index contributed by atoms with van der Waals surface area (Å²) in [6, 6.07) is 5.93. The van der Waals surface area contributed by atoms with Crippen LogP contribution in [0.1, 0.15) is 12.8 Å². The largest absolute Gasteiger partial charge is 0.376 e. The summed E-state index contributed by atoms with van der Waals surface area (Å²) in [4.78, 5) is 14.3. The van der Waals surface area contributed by atoms with Gasteiger partial charge in [0.1, 0.15) is 0 Å². The van der Waals surface area contributed by atoms with Gasteiger partial charge in [-0.3, -0.25) is 4.79 Å². The molecular formula is C14H20BrN3O. The maximum atomic E-state index is 12.3. The fourth-order valence-corrected chi connectivity index (χ4v) is 2.67. The maximum absolute atomic E-state index is 12.3. The van der Waals surface area contributed by atoms with Crippen LogP contribution in [0, 0.1) is 5.92 Å². The molecule has 2 N–H and O–H groups in total. The molecule has 0 spiro atoms. The van der Waals surface area contributed by atoms with Crippen molar-refractivity contribution < 1.29 is 4.79 Å². The van der Waals surface area contributed by atoms with Crippen LogP contribution in [0.5, 0.6) is 0 Å². The van der Waals surface area contributed by atoms with Crippen LogP contribution in [-0.4, -0.2) is 33.1 Å². The number of rotatable bonds is 3. The maximum Gasteiger partial charge on any atom is 0.228 e. The molecule has 0 aliphatic carbocycles. The molecule has 1 aromatic carbocycles. The summed E-state index contributed by atoms with van der Waals surface area (Å²) in [6.07, 6.45) is 2.03. The molecule has 1 saturated heterocycles. The van der Waals surface area contributed by atoms with Crippen LogP contribution < -0.4 is 15.5 Å². The summed E-state index contributed by atoms with van der Waals surface area (Å²) >= 11 is 3.45. The van der Waals surface area contributed by atoms with Crippen molar-refractivity contribution in [1.29, 1.82) is 0 Å². The number of benzene rings is 1. The average molecular weight is 326 g/mol. The average Bonchev–Trinajstić information content (AvgIpc) is 2.39. The first-order valence-corrected chi connectivity index (χ1v) is 7.35. The number of nitrogens with zero attached hydrogens (tertiary/aromatic N) is 1. The Labute approximate surface area is 122 Å². The molecule has 4 nitrogen and oxygen atoms in total. The molecule has 1 aromatic rings. The first-order valence-electron chi connectivity index (χ1n) is 6.56. The van der Waals surface area contributed by atoms with E-state index in [1.54, 1.807) is 0 Å². The summed E-state index contributed by atoms with van der Waals surface area (Å²) in [5, 5.41) is 6.32. The van der Waals surface area contributed by atoms with Gasteiger partial charge in [0.25, 0.3) is 0 Å².